The molecule has 0 amide bonds. The van der Waals surface area contributed by atoms with Gasteiger partial charge < -0.3 is 10.1 Å². The molecule has 0 aliphatic heterocycles. The number of allylic oxidation sites excluding steroid dienone is 1. The van der Waals surface area contributed by atoms with Gasteiger partial charge in [0.1, 0.15) is 0 Å². The van der Waals surface area contributed by atoms with Crippen molar-refractivity contribution in [1.29, 1.82) is 0 Å². The van der Waals surface area contributed by atoms with Crippen LogP contribution in [0.15, 0.2) is 11.6 Å². The van der Waals surface area contributed by atoms with E-state index in [9.17, 15) is 0 Å². The molecule has 94 valence electrons. The molecule has 1 aliphatic rings. The first-order chi connectivity index (χ1) is 7.61. The van der Waals surface area contributed by atoms with Crippen LogP contribution in [-0.2, 0) is 4.74 Å². The maximum absolute atomic E-state index is 5.64. The van der Waals surface area contributed by atoms with Crippen LogP contribution in [0.1, 0.15) is 52.9 Å². The lowest BCUT2D eigenvalue weighted by atomic mass is 9.88. The summed E-state index contributed by atoms with van der Waals surface area (Å²) in [5, 5.41) is 3.58. The zero-order valence-corrected chi connectivity index (χ0v) is 11.3. The van der Waals surface area contributed by atoms with Crippen molar-refractivity contribution < 1.29 is 4.74 Å². The van der Waals surface area contributed by atoms with Gasteiger partial charge in [-0.2, -0.15) is 0 Å². The highest BCUT2D eigenvalue weighted by atomic mass is 16.5. The van der Waals surface area contributed by atoms with Crippen LogP contribution in [0.2, 0.25) is 0 Å². The molecule has 1 rings (SSSR count). The van der Waals surface area contributed by atoms with E-state index in [1.165, 1.54) is 32.1 Å². The van der Waals surface area contributed by atoms with Crippen molar-refractivity contribution in [3.05, 3.63) is 11.6 Å². The lowest BCUT2D eigenvalue weighted by molar-refractivity contribution is -0.000465. The van der Waals surface area contributed by atoms with Gasteiger partial charge in [-0.1, -0.05) is 25.0 Å². The van der Waals surface area contributed by atoms with Crippen molar-refractivity contribution in [2.45, 2.75) is 64.5 Å². The molecule has 2 heteroatoms. The fourth-order valence-electron chi connectivity index (χ4n) is 2.45. The Labute approximate surface area is 100 Å². The summed E-state index contributed by atoms with van der Waals surface area (Å²) in [6.45, 7) is 7.50. The smallest absolute Gasteiger partial charge is 0.0813 e. The number of rotatable bonds is 5. The zero-order chi connectivity index (χ0) is 12.0. The summed E-state index contributed by atoms with van der Waals surface area (Å²) < 4.78 is 5.64. The first-order valence-corrected chi connectivity index (χ1v) is 6.59. The Morgan fingerprint density at radius 2 is 2.12 bits per heavy atom. The van der Waals surface area contributed by atoms with Crippen LogP contribution >= 0.6 is 0 Å². The van der Waals surface area contributed by atoms with E-state index in [1.807, 2.05) is 7.11 Å². The minimum absolute atomic E-state index is 0.119. The summed E-state index contributed by atoms with van der Waals surface area (Å²) in [6, 6.07) is 0.362. The summed E-state index contributed by atoms with van der Waals surface area (Å²) in [5.41, 5.74) is 1.43. The van der Waals surface area contributed by atoms with E-state index in [0.717, 1.165) is 6.54 Å². The molecule has 0 spiro atoms. The van der Waals surface area contributed by atoms with Crippen molar-refractivity contribution in [1.82, 2.24) is 5.32 Å². The van der Waals surface area contributed by atoms with Gasteiger partial charge in [-0.05, 0) is 46.1 Å². The number of hydrogen-bond acceptors (Lipinski definition) is 2. The third kappa shape index (κ3) is 3.60. The molecule has 1 unspecified atom stereocenters. The molecule has 1 atom stereocenters. The van der Waals surface area contributed by atoms with Crippen molar-refractivity contribution in [3.63, 3.8) is 0 Å². The quantitative estimate of drug-likeness (QED) is 0.725. The maximum atomic E-state index is 5.64. The summed E-state index contributed by atoms with van der Waals surface area (Å²) in [7, 11) is 1.81. The van der Waals surface area contributed by atoms with E-state index in [2.05, 4.69) is 32.2 Å². The Bertz CT molecular complexity index is 233. The zero-order valence-electron chi connectivity index (χ0n) is 11.3. The second-order valence-corrected chi connectivity index (χ2v) is 5.18. The fourth-order valence-corrected chi connectivity index (χ4v) is 2.45. The summed E-state index contributed by atoms with van der Waals surface area (Å²) >= 11 is 0. The van der Waals surface area contributed by atoms with Gasteiger partial charge in [0.15, 0.2) is 0 Å². The third-order valence-corrected chi connectivity index (χ3v) is 3.58. The minimum Gasteiger partial charge on any atom is -0.377 e. The molecule has 2 nitrogen and oxygen atoms in total. The van der Waals surface area contributed by atoms with Gasteiger partial charge in [0.05, 0.1) is 11.6 Å². The second-order valence-electron chi connectivity index (χ2n) is 5.18. The van der Waals surface area contributed by atoms with E-state index < -0.39 is 0 Å². The summed E-state index contributed by atoms with van der Waals surface area (Å²) in [5.74, 6) is 0. The van der Waals surface area contributed by atoms with Crippen molar-refractivity contribution in [2.24, 2.45) is 0 Å². The normalized spacial score (nSPS) is 20.1. The molecule has 0 saturated carbocycles. The van der Waals surface area contributed by atoms with Crippen LogP contribution in [0, 0.1) is 0 Å². The van der Waals surface area contributed by atoms with Gasteiger partial charge in [0, 0.05) is 7.11 Å². The number of ether oxygens (including phenoxy) is 1. The molecule has 0 heterocycles. The number of nitrogens with one attached hydrogen (secondary N) is 1. The monoisotopic (exact) mass is 225 g/mol. The molecular weight excluding hydrogens is 198 g/mol. The minimum atomic E-state index is -0.119. The standard InChI is InChI=1S/C14H27NO/c1-5-15-13(14(2,3)16-4)12-10-8-6-7-9-11-12/h10,13,15H,5-9,11H2,1-4H3. The van der Waals surface area contributed by atoms with Crippen LogP contribution in [0.25, 0.3) is 0 Å². The molecule has 0 aromatic carbocycles. The Balaban J connectivity index is 2.78. The molecule has 0 saturated heterocycles. The van der Waals surface area contributed by atoms with Crippen LogP contribution < -0.4 is 5.32 Å². The van der Waals surface area contributed by atoms with Crippen molar-refractivity contribution in [2.75, 3.05) is 13.7 Å². The molecule has 1 N–H and O–H groups in total. The van der Waals surface area contributed by atoms with Crippen molar-refractivity contribution >= 4 is 0 Å². The highest BCUT2D eigenvalue weighted by Gasteiger charge is 2.31. The topological polar surface area (TPSA) is 21.3 Å². The lowest BCUT2D eigenvalue weighted by Crippen LogP contribution is -2.49. The average molecular weight is 225 g/mol. The van der Waals surface area contributed by atoms with E-state index >= 15 is 0 Å². The summed E-state index contributed by atoms with van der Waals surface area (Å²) in [4.78, 5) is 0. The Morgan fingerprint density at radius 1 is 1.38 bits per heavy atom. The average Bonchev–Trinajstić information content (AvgIpc) is 2.54. The van der Waals surface area contributed by atoms with Crippen LogP contribution in [-0.4, -0.2) is 25.3 Å². The van der Waals surface area contributed by atoms with Gasteiger partial charge in [0.25, 0.3) is 0 Å². The fraction of sp³-hybridized carbons (Fsp3) is 0.857. The van der Waals surface area contributed by atoms with E-state index in [1.54, 1.807) is 5.57 Å². The first-order valence-electron chi connectivity index (χ1n) is 6.59. The molecule has 0 aromatic heterocycles. The molecule has 0 fully saturated rings. The van der Waals surface area contributed by atoms with Gasteiger partial charge in [-0.3, -0.25) is 0 Å². The molecule has 0 radical (unpaired) electrons. The van der Waals surface area contributed by atoms with Crippen molar-refractivity contribution in [3.8, 4) is 0 Å². The molecule has 0 bridgehead atoms. The Kier molecular flexibility index (Phi) is 5.50. The van der Waals surface area contributed by atoms with E-state index in [4.69, 9.17) is 4.74 Å². The van der Waals surface area contributed by atoms with Gasteiger partial charge >= 0.3 is 0 Å². The van der Waals surface area contributed by atoms with Gasteiger partial charge in [0.2, 0.25) is 0 Å². The van der Waals surface area contributed by atoms with Gasteiger partial charge in [-0.15, -0.1) is 0 Å². The summed E-state index contributed by atoms with van der Waals surface area (Å²) in [6.07, 6.45) is 8.93. The third-order valence-electron chi connectivity index (χ3n) is 3.58. The second kappa shape index (κ2) is 6.41. The van der Waals surface area contributed by atoms with Crippen LogP contribution in [0.3, 0.4) is 0 Å². The molecule has 1 aliphatic carbocycles. The predicted octanol–water partition coefficient (Wildman–Crippen LogP) is 3.28. The van der Waals surface area contributed by atoms with E-state index in [-0.39, 0.29) is 5.60 Å². The molecule has 0 aromatic rings. The molecule has 16 heavy (non-hydrogen) atoms. The highest BCUT2D eigenvalue weighted by molar-refractivity contribution is 5.17. The number of hydrogen-bond donors (Lipinski definition) is 1. The Hall–Kier alpha value is -0.340. The SMILES string of the molecule is CCNC(C1=CCCCCC1)C(C)(C)OC. The number of methoxy groups -OCH3 is 1. The predicted molar refractivity (Wildman–Crippen MR) is 69.7 cm³/mol. The van der Waals surface area contributed by atoms with Gasteiger partial charge in [-0.25, -0.2) is 0 Å². The van der Waals surface area contributed by atoms with Crippen LogP contribution in [0.5, 0.6) is 0 Å². The molecular formula is C14H27NO. The number of likely N-dealkylation sites (N-methyl/N-ethyl adjacent to an activating group) is 1. The first kappa shape index (κ1) is 13.7. The Morgan fingerprint density at radius 3 is 2.75 bits per heavy atom. The van der Waals surface area contributed by atoms with E-state index in [0.29, 0.717) is 6.04 Å². The highest BCUT2D eigenvalue weighted by Crippen LogP contribution is 2.27. The van der Waals surface area contributed by atoms with Crippen LogP contribution in [0.4, 0.5) is 0 Å². The maximum Gasteiger partial charge on any atom is 0.0813 e. The lowest BCUT2D eigenvalue weighted by Gasteiger charge is -2.35. The largest absolute Gasteiger partial charge is 0.377 e.